The molecule has 0 saturated carbocycles. The number of hydrogen-bond acceptors (Lipinski definition) is 3. The number of carboxylic acid groups (broad SMARTS) is 1. The molecule has 0 aromatic carbocycles. The van der Waals surface area contributed by atoms with Crippen molar-refractivity contribution < 1.29 is 19.5 Å². The zero-order valence-electron chi connectivity index (χ0n) is 11.9. The summed E-state index contributed by atoms with van der Waals surface area (Å²) in [6, 6.07) is -0.289. The number of nitrogens with two attached hydrogens (primary N) is 1. The van der Waals surface area contributed by atoms with E-state index in [4.69, 9.17) is 10.8 Å². The van der Waals surface area contributed by atoms with Crippen molar-refractivity contribution in [2.24, 2.45) is 11.7 Å². The number of amides is 3. The van der Waals surface area contributed by atoms with E-state index >= 15 is 0 Å². The molecule has 7 heteroatoms. The van der Waals surface area contributed by atoms with Gasteiger partial charge >= 0.3 is 12.0 Å². The lowest BCUT2D eigenvalue weighted by Gasteiger charge is -2.34. The monoisotopic (exact) mass is 285 g/mol. The highest BCUT2D eigenvalue weighted by Crippen LogP contribution is 2.18. The zero-order valence-corrected chi connectivity index (χ0v) is 11.9. The Balaban J connectivity index is 2.67. The molecule has 1 atom stereocenters. The summed E-state index contributed by atoms with van der Waals surface area (Å²) in [4.78, 5) is 37.4. The summed E-state index contributed by atoms with van der Waals surface area (Å²) >= 11 is 0. The number of urea groups is 1. The second-order valence-electron chi connectivity index (χ2n) is 5.15. The zero-order chi connectivity index (χ0) is 15.1. The van der Waals surface area contributed by atoms with Crippen LogP contribution < -0.4 is 5.73 Å². The molecule has 0 radical (unpaired) electrons. The highest BCUT2D eigenvalue weighted by molar-refractivity contribution is 5.83. The van der Waals surface area contributed by atoms with Crippen LogP contribution in [0.2, 0.25) is 0 Å². The maximum Gasteiger partial charge on any atom is 0.320 e. The maximum absolute atomic E-state index is 12.4. The van der Waals surface area contributed by atoms with Gasteiger partial charge in [0.25, 0.3) is 0 Å². The normalized spacial score (nSPS) is 18.6. The predicted molar refractivity (Wildman–Crippen MR) is 73.0 cm³/mol. The molecule has 0 aromatic rings. The van der Waals surface area contributed by atoms with Crippen LogP contribution in [0.25, 0.3) is 0 Å². The lowest BCUT2D eigenvalue weighted by Crippen LogP contribution is -2.51. The molecule has 1 heterocycles. The molecule has 0 aromatic heterocycles. The number of hydrogen-bond donors (Lipinski definition) is 2. The third-order valence-electron chi connectivity index (χ3n) is 3.44. The van der Waals surface area contributed by atoms with Crippen molar-refractivity contribution >= 4 is 17.9 Å². The molecule has 0 bridgehead atoms. The molecule has 3 amide bonds. The molecular weight excluding hydrogens is 262 g/mol. The lowest BCUT2D eigenvalue weighted by molar-refractivity contribution is -0.143. The van der Waals surface area contributed by atoms with Gasteiger partial charge in [-0.3, -0.25) is 9.59 Å². The minimum absolute atomic E-state index is 0.118. The highest BCUT2D eigenvalue weighted by Gasteiger charge is 2.30. The van der Waals surface area contributed by atoms with Crippen LogP contribution in [0.3, 0.4) is 0 Å². The Hall–Kier alpha value is -1.79. The first-order chi connectivity index (χ1) is 9.45. The number of likely N-dealkylation sites (tertiary alicyclic amines) is 1. The summed E-state index contributed by atoms with van der Waals surface area (Å²) in [5.74, 6) is -1.95. The van der Waals surface area contributed by atoms with Crippen molar-refractivity contribution in [1.82, 2.24) is 9.80 Å². The SMILES string of the molecule is CCCCN(CC(N)=O)C(=O)N1CCCC(C(=O)O)C1. The molecule has 20 heavy (non-hydrogen) atoms. The number of rotatable bonds is 6. The Labute approximate surface area is 118 Å². The van der Waals surface area contributed by atoms with Crippen molar-refractivity contribution in [2.45, 2.75) is 32.6 Å². The third-order valence-corrected chi connectivity index (χ3v) is 3.44. The third kappa shape index (κ3) is 4.71. The topological polar surface area (TPSA) is 104 Å². The van der Waals surface area contributed by atoms with Crippen LogP contribution >= 0.6 is 0 Å². The molecular formula is C13H23N3O4. The summed E-state index contributed by atoms with van der Waals surface area (Å²) in [7, 11) is 0. The van der Waals surface area contributed by atoms with Crippen LogP contribution in [-0.2, 0) is 9.59 Å². The molecule has 1 aliphatic rings. The predicted octanol–water partition coefficient (Wildman–Crippen LogP) is 0.490. The molecule has 0 spiro atoms. The van der Waals surface area contributed by atoms with Crippen molar-refractivity contribution in [2.75, 3.05) is 26.2 Å². The van der Waals surface area contributed by atoms with Crippen molar-refractivity contribution in [3.05, 3.63) is 0 Å². The average molecular weight is 285 g/mol. The standard InChI is InChI=1S/C13H23N3O4/c1-2-3-6-16(9-11(14)17)13(20)15-7-4-5-10(8-15)12(18)19/h10H,2-9H2,1H3,(H2,14,17)(H,18,19). The van der Waals surface area contributed by atoms with Crippen LogP contribution in [0.15, 0.2) is 0 Å². The van der Waals surface area contributed by atoms with Crippen LogP contribution in [0.4, 0.5) is 4.79 Å². The van der Waals surface area contributed by atoms with Gasteiger partial charge in [-0.25, -0.2) is 4.79 Å². The van der Waals surface area contributed by atoms with E-state index in [0.717, 1.165) is 12.8 Å². The van der Waals surface area contributed by atoms with E-state index in [1.165, 1.54) is 9.80 Å². The first kappa shape index (κ1) is 16.3. The van der Waals surface area contributed by atoms with Gasteiger partial charge in [0.2, 0.25) is 5.91 Å². The largest absolute Gasteiger partial charge is 0.481 e. The van der Waals surface area contributed by atoms with Gasteiger partial charge in [0, 0.05) is 19.6 Å². The fourth-order valence-corrected chi connectivity index (χ4v) is 2.33. The summed E-state index contributed by atoms with van der Waals surface area (Å²) in [5, 5.41) is 9.04. The number of carbonyl (C=O) groups is 3. The van der Waals surface area contributed by atoms with E-state index in [-0.39, 0.29) is 19.1 Å². The second kappa shape index (κ2) is 7.72. The van der Waals surface area contributed by atoms with Crippen molar-refractivity contribution in [1.29, 1.82) is 0 Å². The maximum atomic E-state index is 12.4. The van der Waals surface area contributed by atoms with Gasteiger partial charge < -0.3 is 20.6 Å². The Morgan fingerprint density at radius 3 is 2.65 bits per heavy atom. The number of unbranched alkanes of at least 4 members (excludes halogenated alkanes) is 1. The smallest absolute Gasteiger partial charge is 0.320 e. The average Bonchev–Trinajstić information content (AvgIpc) is 2.42. The fraction of sp³-hybridized carbons (Fsp3) is 0.769. The molecule has 1 unspecified atom stereocenters. The quantitative estimate of drug-likeness (QED) is 0.741. The number of carbonyl (C=O) groups excluding carboxylic acids is 2. The first-order valence-electron chi connectivity index (χ1n) is 7.00. The van der Waals surface area contributed by atoms with Gasteiger partial charge in [0.15, 0.2) is 0 Å². The molecule has 3 N–H and O–H groups in total. The first-order valence-corrected chi connectivity index (χ1v) is 7.00. The summed E-state index contributed by atoms with van der Waals surface area (Å²) < 4.78 is 0. The van der Waals surface area contributed by atoms with Gasteiger partial charge in [-0.05, 0) is 19.3 Å². The highest BCUT2D eigenvalue weighted by atomic mass is 16.4. The summed E-state index contributed by atoms with van der Waals surface area (Å²) in [6.07, 6.45) is 2.94. The number of aliphatic carboxylic acids is 1. The van der Waals surface area contributed by atoms with Crippen LogP contribution in [0, 0.1) is 5.92 Å². The van der Waals surface area contributed by atoms with Crippen LogP contribution in [-0.4, -0.2) is 59.0 Å². The molecule has 114 valence electrons. The Bertz CT molecular complexity index is 373. The van der Waals surface area contributed by atoms with Crippen molar-refractivity contribution in [3.8, 4) is 0 Å². The Morgan fingerprint density at radius 2 is 2.10 bits per heavy atom. The van der Waals surface area contributed by atoms with E-state index in [1.807, 2.05) is 6.92 Å². The summed E-state index contributed by atoms with van der Waals surface area (Å²) in [6.45, 7) is 3.08. The molecule has 1 aliphatic heterocycles. The minimum Gasteiger partial charge on any atom is -0.481 e. The second-order valence-corrected chi connectivity index (χ2v) is 5.15. The van der Waals surface area contributed by atoms with Gasteiger partial charge in [-0.1, -0.05) is 13.3 Å². The molecule has 1 fully saturated rings. The van der Waals surface area contributed by atoms with E-state index in [2.05, 4.69) is 0 Å². The Kier molecular flexibility index (Phi) is 6.27. The van der Waals surface area contributed by atoms with E-state index in [9.17, 15) is 14.4 Å². The molecule has 0 aliphatic carbocycles. The lowest BCUT2D eigenvalue weighted by atomic mass is 9.98. The minimum atomic E-state index is -0.877. The van der Waals surface area contributed by atoms with Crippen molar-refractivity contribution in [3.63, 3.8) is 0 Å². The number of carboxylic acids is 1. The summed E-state index contributed by atoms with van der Waals surface area (Å²) in [5.41, 5.74) is 5.16. The van der Waals surface area contributed by atoms with E-state index in [1.54, 1.807) is 0 Å². The van der Waals surface area contributed by atoms with Gasteiger partial charge in [-0.2, -0.15) is 0 Å². The van der Waals surface area contributed by atoms with Gasteiger partial charge in [0.1, 0.15) is 6.54 Å². The van der Waals surface area contributed by atoms with E-state index in [0.29, 0.717) is 25.9 Å². The van der Waals surface area contributed by atoms with Gasteiger partial charge in [-0.15, -0.1) is 0 Å². The van der Waals surface area contributed by atoms with Crippen LogP contribution in [0.5, 0.6) is 0 Å². The van der Waals surface area contributed by atoms with E-state index < -0.39 is 17.8 Å². The number of nitrogens with zero attached hydrogens (tertiary/aromatic N) is 2. The van der Waals surface area contributed by atoms with Crippen LogP contribution in [0.1, 0.15) is 32.6 Å². The molecule has 7 nitrogen and oxygen atoms in total. The number of primary amides is 1. The number of piperidine rings is 1. The van der Waals surface area contributed by atoms with Gasteiger partial charge in [0.05, 0.1) is 5.92 Å². The molecule has 1 rings (SSSR count). The fourth-order valence-electron chi connectivity index (χ4n) is 2.33. The molecule has 1 saturated heterocycles. The Morgan fingerprint density at radius 1 is 1.40 bits per heavy atom.